The summed E-state index contributed by atoms with van der Waals surface area (Å²) in [6.45, 7) is 0. The number of nitrogens with one attached hydrogen (secondary N) is 3. The molecule has 0 heterocycles. The highest BCUT2D eigenvalue weighted by Crippen LogP contribution is 2.31. The standard InChI is InChI=1S/C17H17N5O4/c18-17(24)21-13-6-4-12(5-7-13)20-16(23)10-1-8-14(19-11-2-3-11)15(9-10)22(25)26/h1,4-9,11,19H,2-3H2,(H,20,23)(H3,18,21,24). The summed E-state index contributed by atoms with van der Waals surface area (Å²) in [4.78, 5) is 33.9. The van der Waals surface area contributed by atoms with Crippen LogP contribution in [0.15, 0.2) is 42.5 Å². The smallest absolute Gasteiger partial charge is 0.316 e. The van der Waals surface area contributed by atoms with Crippen LogP contribution in [0.5, 0.6) is 0 Å². The third-order valence-corrected chi connectivity index (χ3v) is 3.80. The molecule has 0 unspecified atom stereocenters. The van der Waals surface area contributed by atoms with Gasteiger partial charge in [0.15, 0.2) is 0 Å². The van der Waals surface area contributed by atoms with Gasteiger partial charge in [0, 0.05) is 29.0 Å². The molecule has 0 saturated heterocycles. The second-order valence-corrected chi connectivity index (χ2v) is 5.93. The molecular weight excluding hydrogens is 338 g/mol. The van der Waals surface area contributed by atoms with Gasteiger partial charge in [0.2, 0.25) is 0 Å². The van der Waals surface area contributed by atoms with Crippen molar-refractivity contribution in [2.24, 2.45) is 5.73 Å². The van der Waals surface area contributed by atoms with Crippen LogP contribution in [0.4, 0.5) is 27.5 Å². The third kappa shape index (κ3) is 4.26. The molecule has 3 amide bonds. The molecular formula is C17H17N5O4. The maximum absolute atomic E-state index is 12.4. The largest absolute Gasteiger partial charge is 0.377 e. The van der Waals surface area contributed by atoms with Gasteiger partial charge in [-0.2, -0.15) is 0 Å². The van der Waals surface area contributed by atoms with Crippen molar-refractivity contribution in [2.45, 2.75) is 18.9 Å². The average Bonchev–Trinajstić information content (AvgIpc) is 3.40. The molecule has 2 aromatic carbocycles. The van der Waals surface area contributed by atoms with Crippen molar-refractivity contribution in [3.63, 3.8) is 0 Å². The normalized spacial score (nSPS) is 12.9. The molecule has 2 aromatic rings. The second-order valence-electron chi connectivity index (χ2n) is 5.93. The van der Waals surface area contributed by atoms with E-state index < -0.39 is 16.9 Å². The Hall–Kier alpha value is -3.62. The van der Waals surface area contributed by atoms with E-state index in [2.05, 4.69) is 16.0 Å². The fourth-order valence-corrected chi connectivity index (χ4v) is 2.38. The van der Waals surface area contributed by atoms with Gasteiger partial charge in [0.25, 0.3) is 11.6 Å². The van der Waals surface area contributed by atoms with E-state index in [0.717, 1.165) is 12.8 Å². The van der Waals surface area contributed by atoms with Gasteiger partial charge in [0.05, 0.1) is 4.92 Å². The number of amides is 3. The van der Waals surface area contributed by atoms with Crippen molar-refractivity contribution in [3.8, 4) is 0 Å². The van der Waals surface area contributed by atoms with Crippen molar-refractivity contribution >= 4 is 34.7 Å². The Morgan fingerprint density at radius 1 is 1.04 bits per heavy atom. The molecule has 5 N–H and O–H groups in total. The molecule has 1 fully saturated rings. The monoisotopic (exact) mass is 355 g/mol. The van der Waals surface area contributed by atoms with Gasteiger partial charge < -0.3 is 21.7 Å². The van der Waals surface area contributed by atoms with E-state index in [1.807, 2.05) is 0 Å². The fraction of sp³-hybridized carbons (Fsp3) is 0.176. The molecule has 0 radical (unpaired) electrons. The lowest BCUT2D eigenvalue weighted by atomic mass is 10.1. The van der Waals surface area contributed by atoms with E-state index in [9.17, 15) is 19.7 Å². The number of anilines is 3. The Morgan fingerprint density at radius 2 is 1.65 bits per heavy atom. The summed E-state index contributed by atoms with van der Waals surface area (Å²) < 4.78 is 0. The first-order valence-corrected chi connectivity index (χ1v) is 7.95. The lowest BCUT2D eigenvalue weighted by molar-refractivity contribution is -0.384. The third-order valence-electron chi connectivity index (χ3n) is 3.80. The molecule has 26 heavy (non-hydrogen) atoms. The Bertz CT molecular complexity index is 862. The van der Waals surface area contributed by atoms with Crippen LogP contribution in [0.1, 0.15) is 23.2 Å². The molecule has 0 spiro atoms. The van der Waals surface area contributed by atoms with Crippen LogP contribution in [0.3, 0.4) is 0 Å². The first-order valence-electron chi connectivity index (χ1n) is 7.95. The number of primary amides is 1. The number of nitro benzene ring substituents is 1. The van der Waals surface area contributed by atoms with E-state index in [1.165, 1.54) is 12.1 Å². The van der Waals surface area contributed by atoms with Crippen molar-refractivity contribution in [3.05, 3.63) is 58.1 Å². The van der Waals surface area contributed by atoms with Crippen LogP contribution in [0, 0.1) is 10.1 Å². The zero-order valence-corrected chi connectivity index (χ0v) is 13.7. The highest BCUT2D eigenvalue weighted by Gasteiger charge is 2.25. The number of benzene rings is 2. The Labute approximate surface area is 148 Å². The average molecular weight is 355 g/mol. The molecule has 1 aliphatic rings. The van der Waals surface area contributed by atoms with Crippen molar-refractivity contribution in [1.82, 2.24) is 0 Å². The lowest BCUT2D eigenvalue weighted by Gasteiger charge is -2.09. The number of urea groups is 1. The van der Waals surface area contributed by atoms with Crippen molar-refractivity contribution < 1.29 is 14.5 Å². The highest BCUT2D eigenvalue weighted by molar-refractivity contribution is 6.05. The van der Waals surface area contributed by atoms with Gasteiger partial charge in [-0.05, 0) is 49.2 Å². The number of carbonyl (C=O) groups excluding carboxylic acids is 2. The van der Waals surface area contributed by atoms with Crippen LogP contribution in [-0.4, -0.2) is 22.9 Å². The van der Waals surface area contributed by atoms with Crippen LogP contribution in [-0.2, 0) is 0 Å². The summed E-state index contributed by atoms with van der Waals surface area (Å²) in [5.41, 5.74) is 6.45. The summed E-state index contributed by atoms with van der Waals surface area (Å²) in [5, 5.41) is 19.4. The molecule has 3 rings (SSSR count). The predicted molar refractivity (Wildman–Crippen MR) is 97.3 cm³/mol. The van der Waals surface area contributed by atoms with E-state index in [0.29, 0.717) is 17.1 Å². The number of nitro groups is 1. The van der Waals surface area contributed by atoms with E-state index >= 15 is 0 Å². The first-order chi connectivity index (χ1) is 12.4. The number of hydrogen-bond acceptors (Lipinski definition) is 5. The molecule has 0 aromatic heterocycles. The Morgan fingerprint density at radius 3 is 2.19 bits per heavy atom. The number of hydrogen-bond donors (Lipinski definition) is 4. The van der Waals surface area contributed by atoms with E-state index in [-0.39, 0.29) is 17.3 Å². The van der Waals surface area contributed by atoms with Gasteiger partial charge in [-0.25, -0.2) is 4.79 Å². The maximum atomic E-state index is 12.4. The summed E-state index contributed by atoms with van der Waals surface area (Å²) >= 11 is 0. The van der Waals surface area contributed by atoms with Gasteiger partial charge in [0.1, 0.15) is 5.69 Å². The van der Waals surface area contributed by atoms with Crippen molar-refractivity contribution in [2.75, 3.05) is 16.0 Å². The van der Waals surface area contributed by atoms with E-state index in [4.69, 9.17) is 5.73 Å². The molecule has 0 bridgehead atoms. The minimum atomic E-state index is -0.686. The summed E-state index contributed by atoms with van der Waals surface area (Å²) in [6, 6.07) is 10.2. The fourth-order valence-electron chi connectivity index (χ4n) is 2.38. The van der Waals surface area contributed by atoms with Crippen molar-refractivity contribution in [1.29, 1.82) is 0 Å². The summed E-state index contributed by atoms with van der Waals surface area (Å²) in [5.74, 6) is -0.471. The highest BCUT2D eigenvalue weighted by atomic mass is 16.6. The molecule has 134 valence electrons. The zero-order chi connectivity index (χ0) is 18.7. The molecule has 1 saturated carbocycles. The van der Waals surface area contributed by atoms with Gasteiger partial charge in [-0.1, -0.05) is 0 Å². The number of carbonyl (C=O) groups is 2. The van der Waals surface area contributed by atoms with Crippen LogP contribution < -0.4 is 21.7 Å². The van der Waals surface area contributed by atoms with E-state index in [1.54, 1.807) is 30.3 Å². The topological polar surface area (TPSA) is 139 Å². The van der Waals surface area contributed by atoms with Crippen LogP contribution in [0.25, 0.3) is 0 Å². The first kappa shape index (κ1) is 17.2. The van der Waals surface area contributed by atoms with Crippen LogP contribution >= 0.6 is 0 Å². The van der Waals surface area contributed by atoms with Gasteiger partial charge in [-0.3, -0.25) is 14.9 Å². The molecule has 9 heteroatoms. The Balaban J connectivity index is 1.73. The minimum absolute atomic E-state index is 0.134. The molecule has 9 nitrogen and oxygen atoms in total. The molecule has 0 atom stereocenters. The predicted octanol–water partition coefficient (Wildman–Crippen LogP) is 2.91. The summed E-state index contributed by atoms with van der Waals surface area (Å²) in [6.07, 6.45) is 1.97. The van der Waals surface area contributed by atoms with Gasteiger partial charge >= 0.3 is 6.03 Å². The maximum Gasteiger partial charge on any atom is 0.316 e. The Kier molecular flexibility index (Phi) is 4.70. The summed E-state index contributed by atoms with van der Waals surface area (Å²) in [7, 11) is 0. The lowest BCUT2D eigenvalue weighted by Crippen LogP contribution is -2.19. The number of rotatable bonds is 6. The van der Waals surface area contributed by atoms with Crippen LogP contribution in [0.2, 0.25) is 0 Å². The molecule has 1 aliphatic carbocycles. The number of nitrogens with two attached hydrogens (primary N) is 1. The minimum Gasteiger partial charge on any atom is -0.377 e. The molecule has 0 aliphatic heterocycles. The second kappa shape index (κ2) is 7.09. The SMILES string of the molecule is NC(=O)Nc1ccc(NC(=O)c2ccc(NC3CC3)c([N+](=O)[O-])c2)cc1. The quantitative estimate of drug-likeness (QED) is 0.466. The number of nitrogens with zero attached hydrogens (tertiary/aromatic N) is 1. The zero-order valence-electron chi connectivity index (χ0n) is 13.7. The van der Waals surface area contributed by atoms with Gasteiger partial charge in [-0.15, -0.1) is 0 Å².